The van der Waals surface area contributed by atoms with Gasteiger partial charge in [0.2, 0.25) is 0 Å². The SMILES string of the molecule is N[C@@H](CC1CCCCC1)[C@H](O)[C@@H](O)[C@@H](N)CC1CCCCC1. The van der Waals surface area contributed by atoms with Gasteiger partial charge in [0, 0.05) is 12.1 Å². The Hall–Kier alpha value is -0.160. The molecule has 4 nitrogen and oxygen atoms in total. The van der Waals surface area contributed by atoms with Crippen molar-refractivity contribution in [2.75, 3.05) is 0 Å². The highest BCUT2D eigenvalue weighted by Gasteiger charge is 2.31. The van der Waals surface area contributed by atoms with Crippen molar-refractivity contribution in [1.82, 2.24) is 0 Å². The second-order valence-corrected chi connectivity index (χ2v) is 7.79. The van der Waals surface area contributed by atoms with Gasteiger partial charge < -0.3 is 21.7 Å². The molecule has 0 spiro atoms. The third-order valence-electron chi connectivity index (χ3n) is 5.89. The Bertz CT molecular complexity index is 271. The summed E-state index contributed by atoms with van der Waals surface area (Å²) in [6.45, 7) is 0. The van der Waals surface area contributed by atoms with E-state index >= 15 is 0 Å². The van der Waals surface area contributed by atoms with Crippen LogP contribution in [0, 0.1) is 11.8 Å². The van der Waals surface area contributed by atoms with Crippen molar-refractivity contribution in [3.8, 4) is 0 Å². The lowest BCUT2D eigenvalue weighted by atomic mass is 9.80. The Morgan fingerprint density at radius 1 is 0.636 bits per heavy atom. The maximum atomic E-state index is 10.4. The lowest BCUT2D eigenvalue weighted by Gasteiger charge is -2.33. The minimum atomic E-state index is -0.888. The van der Waals surface area contributed by atoms with Crippen molar-refractivity contribution in [2.24, 2.45) is 23.3 Å². The molecule has 0 amide bonds. The standard InChI is InChI=1S/C18H36N2O2/c19-15(11-13-7-3-1-4-8-13)17(21)18(22)16(20)12-14-9-5-2-6-10-14/h13-18,21-22H,1-12,19-20H2/t15-,16-,17-,18-/m0/s1. The van der Waals surface area contributed by atoms with Crippen LogP contribution in [0.2, 0.25) is 0 Å². The number of hydrogen-bond donors (Lipinski definition) is 4. The molecule has 2 saturated carbocycles. The van der Waals surface area contributed by atoms with Gasteiger partial charge in [-0.25, -0.2) is 0 Å². The van der Waals surface area contributed by atoms with E-state index in [4.69, 9.17) is 11.5 Å². The van der Waals surface area contributed by atoms with Crippen molar-refractivity contribution in [2.45, 2.75) is 101 Å². The molecule has 2 aliphatic rings. The molecule has 0 unspecified atom stereocenters. The van der Waals surface area contributed by atoms with Crippen LogP contribution in [0.1, 0.15) is 77.0 Å². The van der Waals surface area contributed by atoms with Crippen molar-refractivity contribution in [1.29, 1.82) is 0 Å². The van der Waals surface area contributed by atoms with Gasteiger partial charge in [-0.2, -0.15) is 0 Å². The molecule has 4 atom stereocenters. The summed E-state index contributed by atoms with van der Waals surface area (Å²) in [5, 5.41) is 20.7. The molecule has 0 aliphatic heterocycles. The van der Waals surface area contributed by atoms with Gasteiger partial charge in [-0.1, -0.05) is 64.2 Å². The third-order valence-corrected chi connectivity index (χ3v) is 5.89. The summed E-state index contributed by atoms with van der Waals surface area (Å²) >= 11 is 0. The van der Waals surface area contributed by atoms with Gasteiger partial charge in [-0.3, -0.25) is 0 Å². The van der Waals surface area contributed by atoms with Crippen LogP contribution in [0.5, 0.6) is 0 Å². The summed E-state index contributed by atoms with van der Waals surface area (Å²) in [5.74, 6) is 1.22. The summed E-state index contributed by atoms with van der Waals surface area (Å²) in [7, 11) is 0. The van der Waals surface area contributed by atoms with E-state index in [-0.39, 0.29) is 12.1 Å². The topological polar surface area (TPSA) is 92.5 Å². The molecule has 2 aliphatic carbocycles. The Morgan fingerprint density at radius 3 is 1.27 bits per heavy atom. The van der Waals surface area contributed by atoms with Gasteiger partial charge in [0.15, 0.2) is 0 Å². The van der Waals surface area contributed by atoms with Crippen molar-refractivity contribution in [3.63, 3.8) is 0 Å². The fourth-order valence-electron chi connectivity index (χ4n) is 4.40. The van der Waals surface area contributed by atoms with Gasteiger partial charge >= 0.3 is 0 Å². The van der Waals surface area contributed by atoms with Gasteiger partial charge in [-0.15, -0.1) is 0 Å². The lowest BCUT2D eigenvalue weighted by Crippen LogP contribution is -2.52. The summed E-state index contributed by atoms with van der Waals surface area (Å²) in [6, 6.07) is -0.703. The molecule has 0 aromatic rings. The largest absolute Gasteiger partial charge is 0.389 e. The van der Waals surface area contributed by atoms with Crippen LogP contribution in [0.15, 0.2) is 0 Å². The molecule has 2 rings (SSSR count). The minimum Gasteiger partial charge on any atom is -0.389 e. The van der Waals surface area contributed by atoms with Crippen molar-refractivity contribution < 1.29 is 10.2 Å². The molecule has 0 saturated heterocycles. The van der Waals surface area contributed by atoms with Crippen LogP contribution < -0.4 is 11.5 Å². The molecule has 0 heterocycles. The zero-order valence-corrected chi connectivity index (χ0v) is 14.0. The van der Waals surface area contributed by atoms with Gasteiger partial charge in [0.25, 0.3) is 0 Å². The van der Waals surface area contributed by atoms with E-state index < -0.39 is 12.2 Å². The van der Waals surface area contributed by atoms with Crippen LogP contribution in [-0.4, -0.2) is 34.5 Å². The van der Waals surface area contributed by atoms with E-state index in [0.717, 1.165) is 12.8 Å². The highest BCUT2D eigenvalue weighted by Crippen LogP contribution is 2.30. The summed E-state index contributed by atoms with van der Waals surface area (Å²) in [4.78, 5) is 0. The van der Waals surface area contributed by atoms with Crippen LogP contribution in [-0.2, 0) is 0 Å². The molecule has 4 heteroatoms. The molecule has 22 heavy (non-hydrogen) atoms. The molecular formula is C18H36N2O2. The predicted octanol–water partition coefficient (Wildman–Crippen LogP) is 2.30. The van der Waals surface area contributed by atoms with Crippen LogP contribution in [0.25, 0.3) is 0 Å². The predicted molar refractivity (Wildman–Crippen MR) is 90.3 cm³/mol. The Morgan fingerprint density at radius 2 is 0.955 bits per heavy atom. The first kappa shape index (κ1) is 18.2. The smallest absolute Gasteiger partial charge is 0.0964 e. The van der Waals surface area contributed by atoms with Gasteiger partial charge in [0.05, 0.1) is 12.2 Å². The maximum Gasteiger partial charge on any atom is 0.0964 e. The average Bonchev–Trinajstić information content (AvgIpc) is 2.55. The molecule has 130 valence electrons. The van der Waals surface area contributed by atoms with Crippen LogP contribution in [0.4, 0.5) is 0 Å². The molecule has 0 aromatic heterocycles. The highest BCUT2D eigenvalue weighted by molar-refractivity contribution is 4.88. The Balaban J connectivity index is 1.74. The van der Waals surface area contributed by atoms with Crippen molar-refractivity contribution in [3.05, 3.63) is 0 Å². The fourth-order valence-corrected chi connectivity index (χ4v) is 4.40. The maximum absolute atomic E-state index is 10.4. The Labute approximate surface area is 135 Å². The zero-order valence-electron chi connectivity index (χ0n) is 14.0. The van der Waals surface area contributed by atoms with E-state index in [9.17, 15) is 10.2 Å². The zero-order chi connectivity index (χ0) is 15.9. The first-order valence-electron chi connectivity index (χ1n) is 9.45. The lowest BCUT2D eigenvalue weighted by molar-refractivity contribution is -0.0196. The number of aliphatic hydroxyl groups excluding tert-OH is 2. The number of hydrogen-bond acceptors (Lipinski definition) is 4. The van der Waals surface area contributed by atoms with E-state index in [1.54, 1.807) is 0 Å². The second-order valence-electron chi connectivity index (χ2n) is 7.79. The van der Waals surface area contributed by atoms with E-state index in [1.807, 2.05) is 0 Å². The molecule has 0 aromatic carbocycles. The number of rotatable bonds is 7. The number of nitrogens with two attached hydrogens (primary N) is 2. The molecule has 0 radical (unpaired) electrons. The van der Waals surface area contributed by atoms with Gasteiger partial charge in [-0.05, 0) is 24.7 Å². The second kappa shape index (κ2) is 9.21. The van der Waals surface area contributed by atoms with Crippen molar-refractivity contribution >= 4 is 0 Å². The normalized spacial score (nSPS) is 27.3. The average molecular weight is 312 g/mol. The minimum absolute atomic E-state index is 0.351. The van der Waals surface area contributed by atoms with E-state index in [0.29, 0.717) is 11.8 Å². The summed E-state index contributed by atoms with van der Waals surface area (Å²) < 4.78 is 0. The first-order valence-corrected chi connectivity index (χ1v) is 9.45. The summed E-state index contributed by atoms with van der Waals surface area (Å²) in [6.07, 6.45) is 12.4. The fraction of sp³-hybridized carbons (Fsp3) is 1.00. The monoisotopic (exact) mass is 312 g/mol. The van der Waals surface area contributed by atoms with E-state index in [1.165, 1.54) is 64.2 Å². The molecular weight excluding hydrogens is 276 g/mol. The first-order chi connectivity index (χ1) is 10.6. The van der Waals surface area contributed by atoms with Crippen LogP contribution >= 0.6 is 0 Å². The quantitative estimate of drug-likeness (QED) is 0.580. The van der Waals surface area contributed by atoms with E-state index in [2.05, 4.69) is 0 Å². The highest BCUT2D eigenvalue weighted by atomic mass is 16.3. The van der Waals surface area contributed by atoms with Crippen LogP contribution in [0.3, 0.4) is 0 Å². The molecule has 2 fully saturated rings. The molecule has 0 bridgehead atoms. The third kappa shape index (κ3) is 5.48. The van der Waals surface area contributed by atoms with Gasteiger partial charge in [0.1, 0.15) is 0 Å². The summed E-state index contributed by atoms with van der Waals surface area (Å²) in [5.41, 5.74) is 12.3. The number of aliphatic hydroxyl groups is 2. The Kier molecular flexibility index (Phi) is 7.61. The molecule has 6 N–H and O–H groups in total.